The van der Waals surface area contributed by atoms with Crippen molar-refractivity contribution in [1.82, 2.24) is 14.9 Å². The summed E-state index contributed by atoms with van der Waals surface area (Å²) in [7, 11) is 3.52. The Kier molecular flexibility index (Phi) is 4.03. The van der Waals surface area contributed by atoms with Gasteiger partial charge in [0.05, 0.1) is 12.4 Å². The van der Waals surface area contributed by atoms with Crippen molar-refractivity contribution in [2.24, 2.45) is 0 Å². The van der Waals surface area contributed by atoms with Gasteiger partial charge in [0.2, 0.25) is 0 Å². The van der Waals surface area contributed by atoms with E-state index in [0.717, 1.165) is 13.0 Å². The van der Waals surface area contributed by atoms with Crippen molar-refractivity contribution in [3.05, 3.63) is 18.1 Å². The maximum atomic E-state index is 11.7. The lowest BCUT2D eigenvalue weighted by Gasteiger charge is -2.14. The van der Waals surface area contributed by atoms with Crippen LogP contribution in [0, 0.1) is 0 Å². The Morgan fingerprint density at radius 2 is 2.20 bits per heavy atom. The zero-order chi connectivity index (χ0) is 11.3. The van der Waals surface area contributed by atoms with E-state index in [1.807, 2.05) is 6.92 Å². The van der Waals surface area contributed by atoms with E-state index in [1.54, 1.807) is 25.2 Å². The molecule has 1 rings (SSSR count). The van der Waals surface area contributed by atoms with Crippen molar-refractivity contribution in [2.75, 3.05) is 26.0 Å². The first-order valence-corrected chi connectivity index (χ1v) is 4.94. The molecule has 1 amide bonds. The fraction of sp³-hybridized carbons (Fsp3) is 0.500. The molecule has 1 heterocycles. The molecule has 1 aromatic rings. The summed E-state index contributed by atoms with van der Waals surface area (Å²) in [4.78, 5) is 21.5. The van der Waals surface area contributed by atoms with Gasteiger partial charge in [-0.3, -0.25) is 4.79 Å². The van der Waals surface area contributed by atoms with Crippen molar-refractivity contribution in [2.45, 2.75) is 13.3 Å². The molecule has 0 atom stereocenters. The predicted octanol–water partition coefficient (Wildman–Crippen LogP) is 1.00. The van der Waals surface area contributed by atoms with Crippen molar-refractivity contribution in [1.29, 1.82) is 0 Å². The van der Waals surface area contributed by atoms with Crippen LogP contribution in [0.2, 0.25) is 0 Å². The van der Waals surface area contributed by atoms with Gasteiger partial charge in [-0.1, -0.05) is 6.92 Å². The van der Waals surface area contributed by atoms with Crippen LogP contribution in [0.5, 0.6) is 0 Å². The van der Waals surface area contributed by atoms with E-state index in [2.05, 4.69) is 15.3 Å². The molecule has 5 heteroatoms. The maximum absolute atomic E-state index is 11.7. The smallest absolute Gasteiger partial charge is 0.273 e. The summed E-state index contributed by atoms with van der Waals surface area (Å²) in [5.74, 6) is 0.566. The SMILES string of the molecule is CCCN(C)C(=O)c1cnc(NC)cn1. The lowest BCUT2D eigenvalue weighted by molar-refractivity contribution is 0.0789. The first-order valence-electron chi connectivity index (χ1n) is 4.94. The van der Waals surface area contributed by atoms with Crippen molar-refractivity contribution in [3.63, 3.8) is 0 Å². The Morgan fingerprint density at radius 1 is 1.47 bits per heavy atom. The van der Waals surface area contributed by atoms with Gasteiger partial charge in [-0.2, -0.15) is 0 Å². The van der Waals surface area contributed by atoms with Gasteiger partial charge in [0, 0.05) is 20.6 Å². The first kappa shape index (κ1) is 11.4. The number of carbonyl (C=O) groups excluding carboxylic acids is 1. The highest BCUT2D eigenvalue weighted by molar-refractivity contribution is 5.91. The van der Waals surface area contributed by atoms with Gasteiger partial charge in [0.15, 0.2) is 0 Å². The van der Waals surface area contributed by atoms with E-state index < -0.39 is 0 Å². The molecular formula is C10H16N4O. The van der Waals surface area contributed by atoms with E-state index in [0.29, 0.717) is 11.5 Å². The zero-order valence-electron chi connectivity index (χ0n) is 9.32. The number of nitrogens with one attached hydrogen (secondary N) is 1. The van der Waals surface area contributed by atoms with E-state index >= 15 is 0 Å². The number of carbonyl (C=O) groups is 1. The number of nitrogens with zero attached hydrogens (tertiary/aromatic N) is 3. The van der Waals surface area contributed by atoms with Crippen LogP contribution in [-0.4, -0.2) is 41.4 Å². The highest BCUT2D eigenvalue weighted by atomic mass is 16.2. The molecule has 0 fully saturated rings. The molecule has 0 saturated carbocycles. The molecule has 0 spiro atoms. The topological polar surface area (TPSA) is 58.1 Å². The summed E-state index contributed by atoms with van der Waals surface area (Å²) < 4.78 is 0. The van der Waals surface area contributed by atoms with Crippen LogP contribution in [0.4, 0.5) is 5.82 Å². The Bertz CT molecular complexity index is 323. The third kappa shape index (κ3) is 2.90. The Labute approximate surface area is 89.5 Å². The Balaban J connectivity index is 2.73. The molecule has 0 saturated heterocycles. The molecule has 15 heavy (non-hydrogen) atoms. The molecule has 0 unspecified atom stereocenters. The number of amides is 1. The standard InChI is InChI=1S/C10H16N4O/c1-4-5-14(3)10(15)8-6-13-9(11-2)7-12-8/h6-7H,4-5H2,1-3H3,(H,11,13). The highest BCUT2D eigenvalue weighted by Crippen LogP contribution is 2.02. The molecular weight excluding hydrogens is 192 g/mol. The molecule has 1 aromatic heterocycles. The van der Waals surface area contributed by atoms with Crippen molar-refractivity contribution < 1.29 is 4.79 Å². The van der Waals surface area contributed by atoms with Gasteiger partial charge in [0.1, 0.15) is 11.5 Å². The van der Waals surface area contributed by atoms with Crippen LogP contribution in [-0.2, 0) is 0 Å². The largest absolute Gasteiger partial charge is 0.372 e. The van der Waals surface area contributed by atoms with Gasteiger partial charge in [-0.05, 0) is 6.42 Å². The second-order valence-corrected chi connectivity index (χ2v) is 3.26. The van der Waals surface area contributed by atoms with Crippen molar-refractivity contribution >= 4 is 11.7 Å². The number of aromatic nitrogens is 2. The van der Waals surface area contributed by atoms with Crippen LogP contribution >= 0.6 is 0 Å². The number of anilines is 1. The molecule has 5 nitrogen and oxygen atoms in total. The summed E-state index contributed by atoms with van der Waals surface area (Å²) in [6.45, 7) is 2.76. The summed E-state index contributed by atoms with van der Waals surface area (Å²) in [5.41, 5.74) is 0.380. The minimum atomic E-state index is -0.0907. The molecule has 82 valence electrons. The fourth-order valence-electron chi connectivity index (χ4n) is 1.20. The molecule has 0 aliphatic carbocycles. The maximum Gasteiger partial charge on any atom is 0.273 e. The number of rotatable bonds is 4. The lowest BCUT2D eigenvalue weighted by Crippen LogP contribution is -2.28. The predicted molar refractivity (Wildman–Crippen MR) is 58.8 cm³/mol. The Hall–Kier alpha value is -1.65. The van der Waals surface area contributed by atoms with Crippen LogP contribution in [0.25, 0.3) is 0 Å². The van der Waals surface area contributed by atoms with E-state index in [9.17, 15) is 4.79 Å². The minimum absolute atomic E-state index is 0.0907. The van der Waals surface area contributed by atoms with Crippen molar-refractivity contribution in [3.8, 4) is 0 Å². The summed E-state index contributed by atoms with van der Waals surface area (Å²) in [6, 6.07) is 0. The van der Waals surface area contributed by atoms with Crippen LogP contribution in [0.15, 0.2) is 12.4 Å². The quantitative estimate of drug-likeness (QED) is 0.802. The van der Waals surface area contributed by atoms with E-state index in [1.165, 1.54) is 6.20 Å². The highest BCUT2D eigenvalue weighted by Gasteiger charge is 2.12. The minimum Gasteiger partial charge on any atom is -0.372 e. The number of hydrogen-bond donors (Lipinski definition) is 1. The van der Waals surface area contributed by atoms with Gasteiger partial charge < -0.3 is 10.2 Å². The Morgan fingerprint density at radius 3 is 2.67 bits per heavy atom. The molecule has 0 aromatic carbocycles. The average molecular weight is 208 g/mol. The molecule has 0 bridgehead atoms. The zero-order valence-corrected chi connectivity index (χ0v) is 9.32. The first-order chi connectivity index (χ1) is 7.19. The summed E-state index contributed by atoms with van der Waals surface area (Å²) in [5, 5.41) is 2.85. The van der Waals surface area contributed by atoms with Gasteiger partial charge >= 0.3 is 0 Å². The van der Waals surface area contributed by atoms with E-state index in [4.69, 9.17) is 0 Å². The third-order valence-corrected chi connectivity index (χ3v) is 2.03. The summed E-state index contributed by atoms with van der Waals surface area (Å²) >= 11 is 0. The molecule has 0 radical (unpaired) electrons. The second kappa shape index (κ2) is 5.29. The molecule has 0 aliphatic heterocycles. The lowest BCUT2D eigenvalue weighted by atomic mass is 10.3. The summed E-state index contributed by atoms with van der Waals surface area (Å²) in [6.07, 6.45) is 3.97. The van der Waals surface area contributed by atoms with Gasteiger partial charge in [0.25, 0.3) is 5.91 Å². The fourth-order valence-corrected chi connectivity index (χ4v) is 1.20. The third-order valence-electron chi connectivity index (χ3n) is 2.03. The van der Waals surface area contributed by atoms with Gasteiger partial charge in [-0.15, -0.1) is 0 Å². The van der Waals surface area contributed by atoms with E-state index in [-0.39, 0.29) is 5.91 Å². The monoisotopic (exact) mass is 208 g/mol. The van der Waals surface area contributed by atoms with Crippen LogP contribution < -0.4 is 5.32 Å². The molecule has 1 N–H and O–H groups in total. The van der Waals surface area contributed by atoms with Crippen LogP contribution in [0.1, 0.15) is 23.8 Å². The second-order valence-electron chi connectivity index (χ2n) is 3.26. The van der Waals surface area contributed by atoms with Crippen LogP contribution in [0.3, 0.4) is 0 Å². The number of hydrogen-bond acceptors (Lipinski definition) is 4. The van der Waals surface area contributed by atoms with Gasteiger partial charge in [-0.25, -0.2) is 9.97 Å². The molecule has 0 aliphatic rings. The average Bonchev–Trinajstić information content (AvgIpc) is 2.28. The normalized spacial score (nSPS) is 9.80.